The van der Waals surface area contributed by atoms with E-state index in [4.69, 9.17) is 0 Å². The topological polar surface area (TPSA) is 64.0 Å². The van der Waals surface area contributed by atoms with Crippen molar-refractivity contribution in [1.82, 2.24) is 14.5 Å². The summed E-state index contributed by atoms with van der Waals surface area (Å²) in [4.78, 5) is 0.329. The number of hydrogen-bond donors (Lipinski definition) is 1. The molecule has 1 heterocycles. The lowest BCUT2D eigenvalue weighted by Crippen LogP contribution is -2.38. The molecule has 108 valence electrons. The van der Waals surface area contributed by atoms with Gasteiger partial charge in [0, 0.05) is 18.4 Å². The molecule has 0 amide bonds. The Morgan fingerprint density at radius 3 is 2.63 bits per heavy atom. The van der Waals surface area contributed by atoms with Gasteiger partial charge in [-0.25, -0.2) is 13.1 Å². The van der Waals surface area contributed by atoms with Crippen LogP contribution in [0, 0.1) is 19.8 Å². The summed E-state index contributed by atoms with van der Waals surface area (Å²) in [5, 5.41) is 5.02. The Balaban J connectivity index is 2.28. The highest BCUT2D eigenvalue weighted by atomic mass is 79.9. The predicted octanol–water partition coefficient (Wildman–Crippen LogP) is 1.88. The summed E-state index contributed by atoms with van der Waals surface area (Å²) in [6, 6.07) is 0.0309. The van der Waals surface area contributed by atoms with Crippen molar-refractivity contribution in [3.05, 3.63) is 11.4 Å². The molecule has 0 spiro atoms. The fourth-order valence-corrected chi connectivity index (χ4v) is 5.33. The van der Waals surface area contributed by atoms with Crippen molar-refractivity contribution in [3.63, 3.8) is 0 Å². The molecule has 2 rings (SSSR count). The van der Waals surface area contributed by atoms with Gasteiger partial charge >= 0.3 is 0 Å². The summed E-state index contributed by atoms with van der Waals surface area (Å²) in [6.45, 7) is 3.52. The normalized spacial score (nSPS) is 24.0. The Bertz CT molecular complexity index is 568. The number of alkyl halides is 1. The van der Waals surface area contributed by atoms with Gasteiger partial charge in [-0.15, -0.1) is 0 Å². The smallest absolute Gasteiger partial charge is 0.244 e. The van der Waals surface area contributed by atoms with E-state index >= 15 is 0 Å². The minimum atomic E-state index is -3.48. The van der Waals surface area contributed by atoms with Crippen LogP contribution in [0.4, 0.5) is 0 Å². The number of hydrogen-bond acceptors (Lipinski definition) is 3. The maximum absolute atomic E-state index is 12.5. The summed E-state index contributed by atoms with van der Waals surface area (Å²) in [6.07, 6.45) is 3.06. The number of sulfonamides is 1. The second-order valence-electron chi connectivity index (χ2n) is 5.20. The van der Waals surface area contributed by atoms with E-state index < -0.39 is 10.0 Å². The molecule has 0 aromatic carbocycles. The van der Waals surface area contributed by atoms with Crippen molar-refractivity contribution in [2.24, 2.45) is 13.0 Å². The molecule has 7 heteroatoms. The number of aryl methyl sites for hydroxylation is 2. The quantitative estimate of drug-likeness (QED) is 0.844. The SMILES string of the molecule is Cc1nn(C)c(C)c1S(=O)(=O)NC1CCCC1CBr. The molecule has 5 nitrogen and oxygen atoms in total. The molecular weight excluding hydrogens is 330 g/mol. The largest absolute Gasteiger partial charge is 0.271 e. The van der Waals surface area contributed by atoms with Crippen molar-refractivity contribution in [1.29, 1.82) is 0 Å². The van der Waals surface area contributed by atoms with Gasteiger partial charge in [-0.3, -0.25) is 4.68 Å². The molecule has 1 aliphatic rings. The minimum absolute atomic E-state index is 0.0309. The molecule has 2 unspecified atom stereocenters. The molecule has 19 heavy (non-hydrogen) atoms. The molecule has 2 atom stereocenters. The maximum atomic E-state index is 12.5. The third-order valence-corrected chi connectivity index (χ3v) is 6.45. The molecule has 0 radical (unpaired) electrons. The van der Waals surface area contributed by atoms with E-state index in [1.54, 1.807) is 25.6 Å². The first kappa shape index (κ1) is 15.0. The van der Waals surface area contributed by atoms with Gasteiger partial charge in [0.25, 0.3) is 0 Å². The molecule has 1 fully saturated rings. The number of aromatic nitrogens is 2. The summed E-state index contributed by atoms with van der Waals surface area (Å²) >= 11 is 3.46. The standard InChI is InChI=1S/C12H20BrN3O2S/c1-8-12(9(2)16(3)14-8)19(17,18)15-11-6-4-5-10(11)7-13/h10-11,15H,4-7H2,1-3H3. The van der Waals surface area contributed by atoms with Gasteiger partial charge in [0.1, 0.15) is 4.90 Å². The summed E-state index contributed by atoms with van der Waals surface area (Å²) in [7, 11) is -1.72. The molecule has 0 aliphatic heterocycles. The Kier molecular flexibility index (Phi) is 4.37. The lowest BCUT2D eigenvalue weighted by atomic mass is 10.1. The average molecular weight is 350 g/mol. The second-order valence-corrected chi connectivity index (χ2v) is 7.49. The van der Waals surface area contributed by atoms with Gasteiger partial charge in [-0.2, -0.15) is 5.10 Å². The van der Waals surface area contributed by atoms with Gasteiger partial charge in [-0.1, -0.05) is 22.4 Å². The summed E-state index contributed by atoms with van der Waals surface area (Å²) in [5.41, 5.74) is 1.24. The highest BCUT2D eigenvalue weighted by Gasteiger charge is 2.32. The van der Waals surface area contributed by atoms with Crippen molar-refractivity contribution < 1.29 is 8.42 Å². The van der Waals surface area contributed by atoms with Crippen LogP contribution in [0.25, 0.3) is 0 Å². The van der Waals surface area contributed by atoms with E-state index in [9.17, 15) is 8.42 Å². The molecule has 1 saturated carbocycles. The first-order chi connectivity index (χ1) is 8.86. The van der Waals surface area contributed by atoms with Crippen LogP contribution in [-0.2, 0) is 17.1 Å². The van der Waals surface area contributed by atoms with Crippen molar-refractivity contribution >= 4 is 26.0 Å². The molecule has 1 aliphatic carbocycles. The number of nitrogens with one attached hydrogen (secondary N) is 1. The Morgan fingerprint density at radius 1 is 1.42 bits per heavy atom. The minimum Gasteiger partial charge on any atom is -0.271 e. The number of nitrogens with zero attached hydrogens (tertiary/aromatic N) is 2. The van der Waals surface area contributed by atoms with E-state index in [1.165, 1.54) is 0 Å². The maximum Gasteiger partial charge on any atom is 0.244 e. The number of rotatable bonds is 4. The van der Waals surface area contributed by atoms with Crippen LogP contribution in [0.1, 0.15) is 30.7 Å². The van der Waals surface area contributed by atoms with Crippen molar-refractivity contribution in [3.8, 4) is 0 Å². The van der Waals surface area contributed by atoms with E-state index in [0.29, 0.717) is 22.2 Å². The van der Waals surface area contributed by atoms with Gasteiger partial charge in [0.2, 0.25) is 10.0 Å². The van der Waals surface area contributed by atoms with E-state index in [2.05, 4.69) is 25.8 Å². The number of halogens is 1. The molecule has 1 aromatic heterocycles. The van der Waals surface area contributed by atoms with Crippen molar-refractivity contribution in [2.75, 3.05) is 5.33 Å². The van der Waals surface area contributed by atoms with Crippen molar-refractivity contribution in [2.45, 2.75) is 44.0 Å². The summed E-state index contributed by atoms with van der Waals surface area (Å²) < 4.78 is 29.5. The Morgan fingerprint density at radius 2 is 2.11 bits per heavy atom. The Hall–Kier alpha value is -0.400. The van der Waals surface area contributed by atoms with E-state index in [-0.39, 0.29) is 6.04 Å². The van der Waals surface area contributed by atoms with E-state index in [1.807, 2.05) is 0 Å². The average Bonchev–Trinajstić information content (AvgIpc) is 2.84. The molecule has 0 saturated heterocycles. The fourth-order valence-electron chi connectivity index (χ4n) is 2.78. The highest BCUT2D eigenvalue weighted by Crippen LogP contribution is 2.29. The third-order valence-electron chi connectivity index (χ3n) is 3.88. The van der Waals surface area contributed by atoms with Crippen LogP contribution in [0.3, 0.4) is 0 Å². The Labute approximate surface area is 122 Å². The monoisotopic (exact) mass is 349 g/mol. The molecule has 1 N–H and O–H groups in total. The second kappa shape index (κ2) is 5.54. The van der Waals surface area contributed by atoms with Crippen LogP contribution in [-0.4, -0.2) is 29.6 Å². The van der Waals surface area contributed by atoms with Crippen LogP contribution in [0.15, 0.2) is 4.90 Å². The van der Waals surface area contributed by atoms with Crippen LogP contribution >= 0.6 is 15.9 Å². The highest BCUT2D eigenvalue weighted by molar-refractivity contribution is 9.09. The van der Waals surface area contributed by atoms with Gasteiger partial charge in [-0.05, 0) is 32.6 Å². The first-order valence-electron chi connectivity index (χ1n) is 6.45. The zero-order valence-electron chi connectivity index (χ0n) is 11.5. The molecule has 1 aromatic rings. The molecular formula is C12H20BrN3O2S. The third kappa shape index (κ3) is 2.87. The summed E-state index contributed by atoms with van der Waals surface area (Å²) in [5.74, 6) is 0.382. The predicted molar refractivity (Wildman–Crippen MR) is 77.9 cm³/mol. The molecule has 0 bridgehead atoms. The van der Waals surface area contributed by atoms with Crippen LogP contribution in [0.2, 0.25) is 0 Å². The van der Waals surface area contributed by atoms with Gasteiger partial charge < -0.3 is 0 Å². The lowest BCUT2D eigenvalue weighted by molar-refractivity contribution is 0.484. The van der Waals surface area contributed by atoms with Crippen LogP contribution in [0.5, 0.6) is 0 Å². The lowest BCUT2D eigenvalue weighted by Gasteiger charge is -2.19. The van der Waals surface area contributed by atoms with Crippen LogP contribution < -0.4 is 4.72 Å². The fraction of sp³-hybridized carbons (Fsp3) is 0.750. The van der Waals surface area contributed by atoms with E-state index in [0.717, 1.165) is 24.6 Å². The van der Waals surface area contributed by atoms with Gasteiger partial charge in [0.05, 0.1) is 11.4 Å². The first-order valence-corrected chi connectivity index (χ1v) is 9.05. The van der Waals surface area contributed by atoms with Gasteiger partial charge in [0.15, 0.2) is 0 Å². The zero-order valence-corrected chi connectivity index (χ0v) is 13.9. The zero-order chi connectivity index (χ0) is 14.2.